The Balaban J connectivity index is 4.11. The van der Waals surface area contributed by atoms with Gasteiger partial charge in [-0.15, -0.1) is 0 Å². The summed E-state index contributed by atoms with van der Waals surface area (Å²) in [6.45, 7) is 6.70. The molecule has 0 aliphatic rings. The molecule has 0 N–H and O–H groups in total. The summed E-state index contributed by atoms with van der Waals surface area (Å²) in [4.78, 5) is 38.4. The molecule has 0 aromatic carbocycles. The van der Waals surface area contributed by atoms with Gasteiger partial charge in [-0.2, -0.15) is 0 Å². The van der Waals surface area contributed by atoms with E-state index < -0.39 is 6.10 Å². The number of allylic oxidation sites excluding steroid dienone is 6. The minimum atomic E-state index is -0.768. The van der Waals surface area contributed by atoms with Crippen molar-refractivity contribution >= 4 is 17.9 Å². The molecule has 0 spiro atoms. The first kappa shape index (κ1) is 80.6. The smallest absolute Gasteiger partial charge is 0.306 e. The lowest BCUT2D eigenvalue weighted by molar-refractivity contribution is -0.167. The van der Waals surface area contributed by atoms with Crippen molar-refractivity contribution in [2.45, 2.75) is 425 Å². The minimum Gasteiger partial charge on any atom is -0.462 e. The SMILES string of the molecule is CCCCCCC/C=C\C/C=C\C/C=C\CCCCCCCCCCCCCCCCC(=O)OCC(COC(=O)CCCCCCCCCCCC)OC(=O)CCCCCCCCCCCCCCCCCCCCCCCCCCCC. The molecule has 0 bridgehead atoms. The van der Waals surface area contributed by atoms with Gasteiger partial charge in [-0.25, -0.2) is 0 Å². The van der Waals surface area contributed by atoms with Crippen LogP contribution in [0.4, 0.5) is 0 Å². The lowest BCUT2D eigenvalue weighted by atomic mass is 10.0. The Morgan fingerprint density at radius 1 is 0.241 bits per heavy atom. The van der Waals surface area contributed by atoms with Gasteiger partial charge in [-0.3, -0.25) is 14.4 Å². The van der Waals surface area contributed by atoms with Crippen LogP contribution in [-0.4, -0.2) is 37.2 Å². The number of carbonyl (C=O) groups is 3. The van der Waals surface area contributed by atoms with Crippen LogP contribution >= 0.6 is 0 Å². The monoisotopic (exact) mass is 1170 g/mol. The summed E-state index contributed by atoms with van der Waals surface area (Å²) in [6, 6.07) is 0. The largest absolute Gasteiger partial charge is 0.462 e. The summed E-state index contributed by atoms with van der Waals surface area (Å²) in [7, 11) is 0. The van der Waals surface area contributed by atoms with Crippen molar-refractivity contribution in [1.82, 2.24) is 0 Å². The first-order chi connectivity index (χ1) is 41.0. The fourth-order valence-electron chi connectivity index (χ4n) is 11.5. The molecule has 0 saturated heterocycles. The number of rotatable bonds is 70. The van der Waals surface area contributed by atoms with Gasteiger partial charge in [0.1, 0.15) is 13.2 Å². The number of ether oxygens (including phenoxy) is 3. The summed E-state index contributed by atoms with van der Waals surface area (Å²) in [5.41, 5.74) is 0. The van der Waals surface area contributed by atoms with Gasteiger partial charge >= 0.3 is 17.9 Å². The number of hydrogen-bond donors (Lipinski definition) is 0. The molecule has 0 saturated carbocycles. The second-order valence-corrected chi connectivity index (χ2v) is 25.6. The highest BCUT2D eigenvalue weighted by atomic mass is 16.6. The van der Waals surface area contributed by atoms with Gasteiger partial charge < -0.3 is 14.2 Å². The van der Waals surface area contributed by atoms with Crippen LogP contribution in [-0.2, 0) is 28.6 Å². The molecule has 83 heavy (non-hydrogen) atoms. The maximum absolute atomic E-state index is 13.0. The van der Waals surface area contributed by atoms with E-state index in [1.54, 1.807) is 0 Å². The topological polar surface area (TPSA) is 78.9 Å². The number of esters is 3. The maximum Gasteiger partial charge on any atom is 0.306 e. The first-order valence-electron chi connectivity index (χ1n) is 37.5. The fraction of sp³-hybridized carbons (Fsp3) is 0.883. The van der Waals surface area contributed by atoms with Crippen molar-refractivity contribution in [3.05, 3.63) is 36.5 Å². The van der Waals surface area contributed by atoms with Crippen LogP contribution in [0.1, 0.15) is 419 Å². The molecule has 0 amide bonds. The van der Waals surface area contributed by atoms with E-state index in [4.69, 9.17) is 14.2 Å². The predicted octanol–water partition coefficient (Wildman–Crippen LogP) is 25.9. The van der Waals surface area contributed by atoms with Crippen LogP contribution in [0.15, 0.2) is 36.5 Å². The molecule has 1 unspecified atom stereocenters. The lowest BCUT2D eigenvalue weighted by Crippen LogP contribution is -2.30. The third-order valence-corrected chi connectivity index (χ3v) is 17.1. The van der Waals surface area contributed by atoms with Gasteiger partial charge in [0, 0.05) is 19.3 Å². The maximum atomic E-state index is 13.0. The summed E-state index contributed by atoms with van der Waals surface area (Å²) >= 11 is 0. The summed E-state index contributed by atoms with van der Waals surface area (Å²) < 4.78 is 17.0. The summed E-state index contributed by atoms with van der Waals surface area (Å²) in [5, 5.41) is 0. The molecule has 0 aliphatic carbocycles. The van der Waals surface area contributed by atoms with E-state index in [0.29, 0.717) is 19.3 Å². The van der Waals surface area contributed by atoms with Crippen LogP contribution in [0.25, 0.3) is 0 Å². The molecule has 0 aromatic rings. The third kappa shape index (κ3) is 70.3. The zero-order valence-corrected chi connectivity index (χ0v) is 56.2. The quantitative estimate of drug-likeness (QED) is 0.0261. The number of unbranched alkanes of at least 4 members (excludes halogenated alkanes) is 53. The van der Waals surface area contributed by atoms with Crippen molar-refractivity contribution in [2.75, 3.05) is 13.2 Å². The van der Waals surface area contributed by atoms with Crippen molar-refractivity contribution in [3.8, 4) is 0 Å². The van der Waals surface area contributed by atoms with Crippen LogP contribution in [0.5, 0.6) is 0 Å². The zero-order chi connectivity index (χ0) is 59.9. The second kappa shape index (κ2) is 72.1. The molecule has 0 radical (unpaired) electrons. The number of carbonyl (C=O) groups excluding carboxylic acids is 3. The molecular weight excluding hydrogens is 1020 g/mol. The Bertz CT molecular complexity index is 1380. The predicted molar refractivity (Wildman–Crippen MR) is 362 cm³/mol. The molecule has 6 heteroatoms. The molecule has 1 atom stereocenters. The molecule has 6 nitrogen and oxygen atoms in total. The van der Waals surface area contributed by atoms with Crippen molar-refractivity contribution in [3.63, 3.8) is 0 Å². The first-order valence-corrected chi connectivity index (χ1v) is 37.5. The second-order valence-electron chi connectivity index (χ2n) is 25.6. The van der Waals surface area contributed by atoms with Gasteiger partial charge in [0.2, 0.25) is 0 Å². The zero-order valence-electron chi connectivity index (χ0n) is 56.2. The van der Waals surface area contributed by atoms with Crippen molar-refractivity contribution < 1.29 is 28.6 Å². The Kier molecular flexibility index (Phi) is 70.0. The van der Waals surface area contributed by atoms with Gasteiger partial charge in [0.15, 0.2) is 6.10 Å². The molecule has 0 rings (SSSR count). The average Bonchev–Trinajstić information content (AvgIpc) is 3.49. The van der Waals surface area contributed by atoms with Crippen LogP contribution in [0.2, 0.25) is 0 Å². The van der Waals surface area contributed by atoms with Gasteiger partial charge in [-0.05, 0) is 57.8 Å². The molecule has 0 aliphatic heterocycles. The summed E-state index contributed by atoms with van der Waals surface area (Å²) in [5.74, 6) is -0.836. The highest BCUT2D eigenvalue weighted by Gasteiger charge is 2.20. The van der Waals surface area contributed by atoms with Crippen LogP contribution < -0.4 is 0 Å². The Morgan fingerprint density at radius 2 is 0.434 bits per heavy atom. The van der Waals surface area contributed by atoms with Gasteiger partial charge in [0.25, 0.3) is 0 Å². The van der Waals surface area contributed by atoms with Crippen molar-refractivity contribution in [2.24, 2.45) is 0 Å². The molecular formula is C77H144O6. The Labute approximate surface area is 518 Å². The molecule has 0 fully saturated rings. The van der Waals surface area contributed by atoms with E-state index in [2.05, 4.69) is 57.2 Å². The van der Waals surface area contributed by atoms with Crippen molar-refractivity contribution in [1.29, 1.82) is 0 Å². The van der Waals surface area contributed by atoms with E-state index in [1.165, 1.54) is 308 Å². The molecule has 0 aromatic heterocycles. The van der Waals surface area contributed by atoms with Crippen LogP contribution in [0.3, 0.4) is 0 Å². The minimum absolute atomic E-state index is 0.0655. The Hall–Kier alpha value is -2.37. The van der Waals surface area contributed by atoms with Gasteiger partial charge in [-0.1, -0.05) is 378 Å². The normalized spacial score (nSPS) is 12.2. The number of hydrogen-bond acceptors (Lipinski definition) is 6. The van der Waals surface area contributed by atoms with E-state index >= 15 is 0 Å². The lowest BCUT2D eigenvalue weighted by Gasteiger charge is -2.18. The van der Waals surface area contributed by atoms with Gasteiger partial charge in [0.05, 0.1) is 0 Å². The van der Waals surface area contributed by atoms with E-state index in [1.807, 2.05) is 0 Å². The third-order valence-electron chi connectivity index (χ3n) is 17.1. The van der Waals surface area contributed by atoms with E-state index in [9.17, 15) is 14.4 Å². The molecule has 488 valence electrons. The average molecular weight is 1170 g/mol. The van der Waals surface area contributed by atoms with Crippen LogP contribution in [0, 0.1) is 0 Å². The Morgan fingerprint density at radius 3 is 0.675 bits per heavy atom. The highest BCUT2D eigenvalue weighted by molar-refractivity contribution is 5.71. The molecule has 0 heterocycles. The highest BCUT2D eigenvalue weighted by Crippen LogP contribution is 2.19. The fourth-order valence-corrected chi connectivity index (χ4v) is 11.5. The van der Waals surface area contributed by atoms with E-state index in [-0.39, 0.29) is 31.1 Å². The summed E-state index contributed by atoms with van der Waals surface area (Å²) in [6.07, 6.45) is 90.6. The van der Waals surface area contributed by atoms with E-state index in [0.717, 1.165) is 70.6 Å². The standard InChI is InChI=1S/C77H144O6/c1-4-7-10-13-16-19-22-24-26-28-30-32-34-36-38-39-40-42-43-45-47-49-51-53-55-58-61-64-67-70-76(79)82-73-74(72-81-75(78)69-66-63-60-57-21-18-15-12-9-6-3)83-77(80)71-68-65-62-59-56-54-52-50-48-46-44-41-37-35-33-31-29-27-25-23-20-17-14-11-8-5-2/h22,24,28,30,34,36,74H,4-21,23,25-27,29,31-33,35,37-73H2,1-3H3/b24-22-,30-28-,36-34-.